The first-order valence-corrected chi connectivity index (χ1v) is 12.6. The lowest BCUT2D eigenvalue weighted by molar-refractivity contribution is -0.137. The smallest absolute Gasteiger partial charge is 0.346 e. The molecule has 0 aromatic rings. The molecule has 1 N–H and O–H groups in total. The molecule has 0 bridgehead atoms. The van der Waals surface area contributed by atoms with E-state index in [9.17, 15) is 13.9 Å². The molecule has 0 heterocycles. The van der Waals surface area contributed by atoms with Crippen LogP contribution in [0.1, 0.15) is 74.7 Å². The molecule has 0 aliphatic carbocycles. The van der Waals surface area contributed by atoms with Crippen LogP contribution in [0.5, 0.6) is 0 Å². The fourth-order valence-electron chi connectivity index (χ4n) is 2.43. The van der Waals surface area contributed by atoms with E-state index in [0.29, 0.717) is 0 Å². The molecule has 10 heteroatoms. The van der Waals surface area contributed by atoms with Gasteiger partial charge in [0, 0.05) is 6.42 Å². The van der Waals surface area contributed by atoms with Crippen LogP contribution in [0.3, 0.4) is 0 Å². The average Bonchev–Trinajstić information content (AvgIpc) is 2.38. The summed E-state index contributed by atoms with van der Waals surface area (Å²) in [6.45, 7) is 13.6. The van der Waals surface area contributed by atoms with Crippen LogP contribution in [0.15, 0.2) is 0 Å². The predicted molar refractivity (Wildman–Crippen MR) is 105 cm³/mol. The average molecular weight is 430 g/mol. The van der Waals surface area contributed by atoms with Gasteiger partial charge in [-0.3, -0.25) is 13.9 Å². The van der Waals surface area contributed by atoms with Crippen molar-refractivity contribution in [1.82, 2.24) is 0 Å². The molecule has 8 nitrogen and oxygen atoms in total. The summed E-state index contributed by atoms with van der Waals surface area (Å²) in [5.41, 5.74) is 0. The second kappa shape index (κ2) is 11.7. The van der Waals surface area contributed by atoms with Gasteiger partial charge in [0.1, 0.15) is 0 Å². The summed E-state index contributed by atoms with van der Waals surface area (Å²) in [5, 5.41) is 7.74. The molecule has 0 saturated carbocycles. The minimum Gasteiger partial charge on any atom is -0.481 e. The second-order valence-electron chi connectivity index (χ2n) is 7.46. The largest absolute Gasteiger partial charge is 0.481 e. The van der Waals surface area contributed by atoms with Crippen LogP contribution in [-0.2, 0) is 32.0 Å². The van der Waals surface area contributed by atoms with E-state index in [1.54, 1.807) is 55.4 Å². The van der Waals surface area contributed by atoms with Gasteiger partial charge in [-0.2, -0.15) is 0 Å². The summed E-state index contributed by atoms with van der Waals surface area (Å²) in [4.78, 5) is 10.9. The van der Waals surface area contributed by atoms with E-state index in [4.69, 9.17) is 23.2 Å². The third kappa shape index (κ3) is 10.2. The van der Waals surface area contributed by atoms with E-state index in [-0.39, 0.29) is 19.3 Å². The molecule has 0 aliphatic rings. The number of carboxylic acids is 1. The lowest BCUT2D eigenvalue weighted by atomic mass is 10.2. The second-order valence-corrected chi connectivity index (χ2v) is 12.1. The predicted octanol–water partition coefficient (Wildman–Crippen LogP) is 5.65. The minimum atomic E-state index is -3.94. The topological polar surface area (TPSA) is 108 Å². The molecule has 0 aromatic heterocycles. The minimum absolute atomic E-state index is 0.0136. The van der Waals surface area contributed by atoms with Gasteiger partial charge in [0.25, 0.3) is 0 Å². The van der Waals surface area contributed by atoms with Gasteiger partial charge < -0.3 is 23.2 Å². The third-order valence-electron chi connectivity index (χ3n) is 3.01. The standard InChI is InChI=1S/C17H36O8P2/c1-12(2)22-26(20,23-13(3)4)17(11-9-10-16(18)19)27(21,24-14(5)6)25-15(7)8/h12-15,17H,9-11H2,1-8H3,(H,18,19). The Hall–Kier alpha value is -0.230. The van der Waals surface area contributed by atoms with Crippen molar-refractivity contribution in [1.29, 1.82) is 0 Å². The van der Waals surface area contributed by atoms with Gasteiger partial charge in [-0.25, -0.2) is 0 Å². The highest BCUT2D eigenvalue weighted by molar-refractivity contribution is 7.72. The maximum Gasteiger partial charge on any atom is 0.346 e. The van der Waals surface area contributed by atoms with Crippen molar-refractivity contribution < 1.29 is 37.1 Å². The molecule has 27 heavy (non-hydrogen) atoms. The van der Waals surface area contributed by atoms with Crippen molar-refractivity contribution in [2.75, 3.05) is 0 Å². The highest BCUT2D eigenvalue weighted by atomic mass is 31.2. The first-order valence-electron chi connectivity index (χ1n) is 9.36. The van der Waals surface area contributed by atoms with Crippen molar-refractivity contribution >= 4 is 21.2 Å². The molecule has 0 fully saturated rings. The Morgan fingerprint density at radius 1 is 0.741 bits per heavy atom. The molecule has 0 rings (SSSR count). The van der Waals surface area contributed by atoms with E-state index in [2.05, 4.69) is 0 Å². The van der Waals surface area contributed by atoms with Gasteiger partial charge in [0.05, 0.1) is 24.4 Å². The van der Waals surface area contributed by atoms with E-state index < -0.39 is 51.0 Å². The van der Waals surface area contributed by atoms with Gasteiger partial charge in [-0.1, -0.05) is 0 Å². The maximum atomic E-state index is 13.7. The highest BCUT2D eigenvalue weighted by Gasteiger charge is 2.52. The summed E-state index contributed by atoms with van der Waals surface area (Å²) >= 11 is 0. The van der Waals surface area contributed by atoms with Crippen molar-refractivity contribution in [2.45, 2.75) is 104 Å². The van der Waals surface area contributed by atoms with Gasteiger partial charge in [0.15, 0.2) is 5.40 Å². The fourth-order valence-corrected chi connectivity index (χ4v) is 8.48. The summed E-state index contributed by atoms with van der Waals surface area (Å²) in [6.07, 6.45) is -1.83. The highest BCUT2D eigenvalue weighted by Crippen LogP contribution is 2.73. The Kier molecular flexibility index (Phi) is 11.6. The molecule has 0 spiro atoms. The van der Waals surface area contributed by atoms with Crippen molar-refractivity contribution in [3.63, 3.8) is 0 Å². The molecule has 0 aromatic carbocycles. The van der Waals surface area contributed by atoms with E-state index in [1.807, 2.05) is 0 Å². The van der Waals surface area contributed by atoms with Gasteiger partial charge in [-0.15, -0.1) is 0 Å². The number of aliphatic carboxylic acids is 1. The normalized spacial score (nSPS) is 13.5. The Morgan fingerprint density at radius 3 is 1.26 bits per heavy atom. The monoisotopic (exact) mass is 430 g/mol. The lowest BCUT2D eigenvalue weighted by Gasteiger charge is -2.35. The molecular weight excluding hydrogens is 394 g/mol. The van der Waals surface area contributed by atoms with Crippen LogP contribution < -0.4 is 0 Å². The SMILES string of the molecule is CC(C)OP(=O)(OC(C)C)C(CCCC(=O)O)P(=O)(OC(C)C)OC(C)C. The third-order valence-corrected chi connectivity index (χ3v) is 9.55. The summed E-state index contributed by atoms with van der Waals surface area (Å²) < 4.78 is 49.9. The zero-order valence-electron chi connectivity index (χ0n) is 17.7. The molecule has 0 aliphatic heterocycles. The van der Waals surface area contributed by atoms with Crippen LogP contribution in [0, 0.1) is 0 Å². The molecule has 0 atom stereocenters. The lowest BCUT2D eigenvalue weighted by Crippen LogP contribution is -2.23. The summed E-state index contributed by atoms with van der Waals surface area (Å²) in [6, 6.07) is 0. The van der Waals surface area contributed by atoms with Crippen molar-refractivity contribution in [2.24, 2.45) is 0 Å². The molecular formula is C17H36O8P2. The summed E-state index contributed by atoms with van der Waals surface area (Å²) in [7, 11) is -7.88. The first-order chi connectivity index (χ1) is 12.2. The fraction of sp³-hybridized carbons (Fsp3) is 0.941. The van der Waals surface area contributed by atoms with Gasteiger partial charge >= 0.3 is 21.2 Å². The molecule has 0 unspecified atom stereocenters. The number of carboxylic acid groups (broad SMARTS) is 1. The molecule has 0 saturated heterocycles. The summed E-state index contributed by atoms with van der Waals surface area (Å²) in [5.74, 6) is -0.998. The molecule has 162 valence electrons. The number of carbonyl (C=O) groups is 1. The van der Waals surface area contributed by atoms with Crippen LogP contribution in [0.2, 0.25) is 0 Å². The Morgan fingerprint density at radius 2 is 1.04 bits per heavy atom. The van der Waals surface area contributed by atoms with E-state index >= 15 is 0 Å². The number of rotatable bonds is 14. The Labute approximate surface area is 163 Å². The first kappa shape index (κ1) is 26.8. The van der Waals surface area contributed by atoms with Crippen LogP contribution in [0.4, 0.5) is 0 Å². The molecule has 0 radical (unpaired) electrons. The van der Waals surface area contributed by atoms with Gasteiger partial charge in [0.2, 0.25) is 0 Å². The number of hydrogen-bond acceptors (Lipinski definition) is 7. The quantitative estimate of drug-likeness (QED) is 0.352. The maximum absolute atomic E-state index is 13.7. The Bertz CT molecular complexity index is 479. The number of hydrogen-bond donors (Lipinski definition) is 1. The Balaban J connectivity index is 6.13. The van der Waals surface area contributed by atoms with Crippen LogP contribution in [-0.4, -0.2) is 40.9 Å². The van der Waals surface area contributed by atoms with Crippen molar-refractivity contribution in [3.8, 4) is 0 Å². The van der Waals surface area contributed by atoms with Crippen LogP contribution in [0.25, 0.3) is 0 Å². The molecule has 0 amide bonds. The van der Waals surface area contributed by atoms with Gasteiger partial charge in [-0.05, 0) is 68.2 Å². The van der Waals surface area contributed by atoms with E-state index in [0.717, 1.165) is 0 Å². The van der Waals surface area contributed by atoms with E-state index in [1.165, 1.54) is 0 Å². The zero-order chi connectivity index (χ0) is 21.4. The van der Waals surface area contributed by atoms with Crippen LogP contribution >= 0.6 is 15.2 Å². The van der Waals surface area contributed by atoms with Crippen molar-refractivity contribution in [3.05, 3.63) is 0 Å². The zero-order valence-corrected chi connectivity index (χ0v) is 19.5.